The minimum absolute atomic E-state index is 0.233. The van der Waals surface area contributed by atoms with E-state index < -0.39 is 16.1 Å². The van der Waals surface area contributed by atoms with Crippen molar-refractivity contribution in [1.29, 1.82) is 0 Å². The number of ether oxygens (including phenoxy) is 1. The van der Waals surface area contributed by atoms with Gasteiger partial charge in [-0.2, -0.15) is 0 Å². The minimum atomic E-state index is -3.73. The molecular weight excluding hydrogens is 412 g/mol. The number of sulfonamides is 1. The van der Waals surface area contributed by atoms with Crippen LogP contribution in [0.1, 0.15) is 55.0 Å². The van der Waals surface area contributed by atoms with Crippen LogP contribution >= 0.6 is 0 Å². The number of rotatable bonds is 7. The molecule has 0 aromatic heterocycles. The Hall–Kier alpha value is -2.54. The van der Waals surface area contributed by atoms with Crippen molar-refractivity contribution in [2.45, 2.75) is 58.5 Å². The van der Waals surface area contributed by atoms with E-state index in [4.69, 9.17) is 4.74 Å². The van der Waals surface area contributed by atoms with E-state index in [-0.39, 0.29) is 11.9 Å². The Balaban J connectivity index is 1.85. The molecule has 2 atom stereocenters. The van der Waals surface area contributed by atoms with E-state index >= 15 is 0 Å². The molecule has 0 fully saturated rings. The maximum Gasteiger partial charge on any atom is 0.244 e. The Morgan fingerprint density at radius 1 is 1.06 bits per heavy atom. The highest BCUT2D eigenvalue weighted by Gasteiger charge is 2.32. The van der Waals surface area contributed by atoms with Gasteiger partial charge in [0.1, 0.15) is 11.8 Å². The second kappa shape index (κ2) is 9.30. The van der Waals surface area contributed by atoms with Gasteiger partial charge in [0, 0.05) is 0 Å². The fourth-order valence-corrected chi connectivity index (χ4v) is 5.36. The normalized spacial score (nSPS) is 15.5. The summed E-state index contributed by atoms with van der Waals surface area (Å²) in [7, 11) is -2.25. The number of anilines is 1. The average molecular weight is 445 g/mol. The fourth-order valence-electron chi connectivity index (χ4n) is 4.19. The second-order valence-electron chi connectivity index (χ2n) is 8.38. The van der Waals surface area contributed by atoms with Gasteiger partial charge in [0.15, 0.2) is 0 Å². The highest BCUT2D eigenvalue weighted by atomic mass is 32.2. The van der Waals surface area contributed by atoms with Crippen molar-refractivity contribution >= 4 is 21.6 Å². The third kappa shape index (κ3) is 5.21. The topological polar surface area (TPSA) is 75.7 Å². The number of fused-ring (bicyclic) bond motifs is 1. The van der Waals surface area contributed by atoms with Crippen molar-refractivity contribution in [3.8, 4) is 5.75 Å². The first-order valence-electron chi connectivity index (χ1n) is 10.7. The number of amides is 1. The van der Waals surface area contributed by atoms with Crippen molar-refractivity contribution in [3.63, 3.8) is 0 Å². The summed E-state index contributed by atoms with van der Waals surface area (Å²) < 4.78 is 31.8. The number of hydrogen-bond donors (Lipinski definition) is 1. The number of carbonyl (C=O) groups is 1. The molecular formula is C24H32N2O4S. The van der Waals surface area contributed by atoms with Crippen molar-refractivity contribution in [3.05, 3.63) is 58.7 Å². The molecule has 1 aliphatic carbocycles. The van der Waals surface area contributed by atoms with E-state index in [0.717, 1.165) is 34.5 Å². The fraction of sp³-hybridized carbons (Fsp3) is 0.458. The van der Waals surface area contributed by atoms with Crippen LogP contribution in [0.3, 0.4) is 0 Å². The highest BCUT2D eigenvalue weighted by Crippen LogP contribution is 2.33. The zero-order valence-electron chi connectivity index (χ0n) is 18.9. The lowest BCUT2D eigenvalue weighted by atomic mass is 9.89. The molecule has 6 nitrogen and oxygen atoms in total. The van der Waals surface area contributed by atoms with Gasteiger partial charge in [0.2, 0.25) is 15.9 Å². The van der Waals surface area contributed by atoms with Gasteiger partial charge in [0.05, 0.1) is 25.1 Å². The zero-order chi connectivity index (χ0) is 22.8. The minimum Gasteiger partial charge on any atom is -0.495 e. The van der Waals surface area contributed by atoms with Crippen molar-refractivity contribution in [2.24, 2.45) is 0 Å². The SMILES string of the molecule is COc1ccc(C)cc1N([C@H](C)C(=O)N[C@@H](C)c1ccc2c(c1)CCCC2)S(C)(=O)=O. The summed E-state index contributed by atoms with van der Waals surface area (Å²) in [6.07, 6.45) is 5.69. The molecule has 0 heterocycles. The number of hydrogen-bond acceptors (Lipinski definition) is 4. The third-order valence-corrected chi connectivity index (χ3v) is 7.12. The standard InChI is InChI=1S/C24H32N2O4S/c1-16-10-13-23(30-4)22(14-16)26(31(5,28)29)18(3)24(27)25-17(2)20-12-11-19-8-6-7-9-21(19)15-20/h10-15,17-18H,6-9H2,1-5H3,(H,25,27)/t17-,18+/m0/s1. The van der Waals surface area contributed by atoms with Crippen LogP contribution in [0.2, 0.25) is 0 Å². The Morgan fingerprint density at radius 2 is 1.74 bits per heavy atom. The number of methoxy groups -OCH3 is 1. The summed E-state index contributed by atoms with van der Waals surface area (Å²) in [5.74, 6) is 0.0395. The number of carbonyl (C=O) groups excluding carboxylic acids is 1. The third-order valence-electron chi connectivity index (χ3n) is 5.89. The highest BCUT2D eigenvalue weighted by molar-refractivity contribution is 7.92. The molecule has 0 spiro atoms. The Bertz CT molecular complexity index is 1070. The molecule has 0 aliphatic heterocycles. The van der Waals surface area contributed by atoms with Gasteiger partial charge >= 0.3 is 0 Å². The van der Waals surface area contributed by atoms with Gasteiger partial charge in [-0.1, -0.05) is 24.3 Å². The molecule has 7 heteroatoms. The summed E-state index contributed by atoms with van der Waals surface area (Å²) in [4.78, 5) is 13.1. The maximum absolute atomic E-state index is 13.1. The van der Waals surface area contributed by atoms with E-state index in [1.54, 1.807) is 19.1 Å². The average Bonchev–Trinajstić information content (AvgIpc) is 2.72. The first kappa shape index (κ1) is 23.1. The predicted molar refractivity (Wildman–Crippen MR) is 124 cm³/mol. The largest absolute Gasteiger partial charge is 0.495 e. The smallest absolute Gasteiger partial charge is 0.244 e. The molecule has 168 valence electrons. The lowest BCUT2D eigenvalue weighted by molar-refractivity contribution is -0.122. The van der Waals surface area contributed by atoms with Crippen LogP contribution in [-0.2, 0) is 27.7 Å². The molecule has 3 rings (SSSR count). The van der Waals surface area contributed by atoms with Gasteiger partial charge in [-0.05, 0) is 80.8 Å². The van der Waals surface area contributed by atoms with Gasteiger partial charge in [-0.15, -0.1) is 0 Å². The van der Waals surface area contributed by atoms with Crippen LogP contribution in [-0.4, -0.2) is 33.7 Å². The van der Waals surface area contributed by atoms with Crippen LogP contribution < -0.4 is 14.4 Å². The van der Waals surface area contributed by atoms with Crippen LogP contribution in [0.25, 0.3) is 0 Å². The van der Waals surface area contributed by atoms with Crippen LogP contribution in [0, 0.1) is 6.92 Å². The second-order valence-corrected chi connectivity index (χ2v) is 10.2. The van der Waals surface area contributed by atoms with Gasteiger partial charge in [-0.3, -0.25) is 9.10 Å². The summed E-state index contributed by atoms with van der Waals surface area (Å²) in [6.45, 7) is 5.39. The van der Waals surface area contributed by atoms with Crippen molar-refractivity contribution < 1.29 is 17.9 Å². The molecule has 2 aromatic carbocycles. The molecule has 0 saturated heterocycles. The van der Waals surface area contributed by atoms with E-state index in [0.29, 0.717) is 11.4 Å². The first-order chi connectivity index (χ1) is 14.6. The van der Waals surface area contributed by atoms with E-state index in [9.17, 15) is 13.2 Å². The van der Waals surface area contributed by atoms with Crippen molar-refractivity contribution in [1.82, 2.24) is 5.32 Å². The van der Waals surface area contributed by atoms with E-state index in [1.807, 2.05) is 19.9 Å². The molecule has 0 bridgehead atoms. The lowest BCUT2D eigenvalue weighted by Gasteiger charge is -2.30. The maximum atomic E-state index is 13.1. The molecule has 1 N–H and O–H groups in total. The lowest BCUT2D eigenvalue weighted by Crippen LogP contribution is -2.48. The number of benzene rings is 2. The molecule has 0 radical (unpaired) electrons. The number of nitrogens with one attached hydrogen (secondary N) is 1. The summed E-state index contributed by atoms with van der Waals surface area (Å²) in [6, 6.07) is 10.5. The molecule has 31 heavy (non-hydrogen) atoms. The Labute approximate surface area is 185 Å². The van der Waals surface area contributed by atoms with E-state index in [1.165, 1.54) is 31.1 Å². The molecule has 0 saturated carbocycles. The zero-order valence-corrected chi connectivity index (χ0v) is 19.8. The molecule has 0 unspecified atom stereocenters. The summed E-state index contributed by atoms with van der Waals surface area (Å²) >= 11 is 0. The van der Waals surface area contributed by atoms with Gasteiger partial charge < -0.3 is 10.1 Å². The monoisotopic (exact) mass is 444 g/mol. The Kier molecular flexibility index (Phi) is 6.94. The van der Waals surface area contributed by atoms with Gasteiger partial charge in [0.25, 0.3) is 0 Å². The summed E-state index contributed by atoms with van der Waals surface area (Å²) in [5, 5.41) is 2.99. The van der Waals surface area contributed by atoms with Crippen molar-refractivity contribution in [2.75, 3.05) is 17.7 Å². The van der Waals surface area contributed by atoms with Crippen LogP contribution in [0.15, 0.2) is 36.4 Å². The predicted octanol–water partition coefficient (Wildman–Crippen LogP) is 3.91. The van der Waals surface area contributed by atoms with E-state index in [2.05, 4.69) is 23.5 Å². The van der Waals surface area contributed by atoms with Gasteiger partial charge in [-0.25, -0.2) is 8.42 Å². The molecule has 1 amide bonds. The summed E-state index contributed by atoms with van der Waals surface area (Å²) in [5.41, 5.74) is 4.99. The first-order valence-corrected chi connectivity index (χ1v) is 12.5. The number of aryl methyl sites for hydroxylation is 3. The quantitative estimate of drug-likeness (QED) is 0.702. The molecule has 1 aliphatic rings. The van der Waals surface area contributed by atoms with Crippen LogP contribution in [0.5, 0.6) is 5.75 Å². The molecule has 2 aromatic rings. The Morgan fingerprint density at radius 3 is 2.39 bits per heavy atom. The van der Waals surface area contributed by atoms with Crippen LogP contribution in [0.4, 0.5) is 5.69 Å². The number of nitrogens with zero attached hydrogens (tertiary/aromatic N) is 1.